The molecule has 0 amide bonds. The van der Waals surface area contributed by atoms with Crippen LogP contribution in [0.4, 0.5) is 0 Å². The zero-order valence-corrected chi connectivity index (χ0v) is 13.9. The second-order valence-corrected chi connectivity index (χ2v) is 4.45. The Labute approximate surface area is 138 Å². The summed E-state index contributed by atoms with van der Waals surface area (Å²) in [6, 6.07) is 8.45. The van der Waals surface area contributed by atoms with Gasteiger partial charge < -0.3 is 20.4 Å². The molecule has 0 unspecified atom stereocenters. The fraction of sp³-hybridized carbons (Fsp3) is 0.133. The maximum absolute atomic E-state index is 12.0. The second-order valence-electron chi connectivity index (χ2n) is 4.45. The van der Waals surface area contributed by atoms with Crippen molar-refractivity contribution in [1.82, 2.24) is 0 Å². The van der Waals surface area contributed by atoms with E-state index >= 15 is 0 Å². The van der Waals surface area contributed by atoms with Gasteiger partial charge in [-0.1, -0.05) is 12.1 Å². The van der Waals surface area contributed by atoms with Crippen molar-refractivity contribution >= 4 is 29.7 Å². The first-order valence-corrected chi connectivity index (χ1v) is 6.03. The van der Waals surface area contributed by atoms with Crippen molar-refractivity contribution in [3.05, 3.63) is 47.5 Å². The number of phenolic OH excluding ortho intramolecular Hbond substituents is 4. The van der Waals surface area contributed by atoms with Gasteiger partial charge >= 0.3 is 0 Å². The smallest absolute Gasteiger partial charge is 0.170 e. The number of carbonyl (C=O) groups is 1. The summed E-state index contributed by atoms with van der Waals surface area (Å²) in [5.41, 5.74) is 0.662. The van der Waals surface area contributed by atoms with Gasteiger partial charge in [-0.05, 0) is 24.1 Å². The van der Waals surface area contributed by atoms with Gasteiger partial charge in [0.1, 0.15) is 28.6 Å². The van der Waals surface area contributed by atoms with E-state index < -0.39 is 17.3 Å². The van der Waals surface area contributed by atoms with Crippen LogP contribution in [0.25, 0.3) is 0 Å². The summed E-state index contributed by atoms with van der Waals surface area (Å²) in [6.07, 6.45) is 0.509. The molecule has 2 aromatic carbocycles. The molecule has 5 nitrogen and oxygen atoms in total. The van der Waals surface area contributed by atoms with Crippen LogP contribution in [0.5, 0.6) is 23.0 Å². The average molecular weight is 393 g/mol. The Morgan fingerprint density at radius 1 is 0.857 bits per heavy atom. The third-order valence-corrected chi connectivity index (χ3v) is 2.94. The van der Waals surface area contributed by atoms with E-state index in [9.17, 15) is 20.1 Å². The van der Waals surface area contributed by atoms with Gasteiger partial charge in [0.15, 0.2) is 5.78 Å². The normalized spacial score (nSPS) is 9.90. The minimum Gasteiger partial charge on any atom is -0.508 e. The topological polar surface area (TPSA) is 98.0 Å². The Bertz CT molecular complexity index is 614. The van der Waals surface area contributed by atoms with Crippen LogP contribution in [0, 0.1) is 0 Å². The molecule has 0 saturated heterocycles. The number of aromatic hydroxyl groups is 4. The molecule has 6 heteroatoms. The number of benzene rings is 2. The largest absolute Gasteiger partial charge is 0.508 e. The average Bonchev–Trinajstić information content (AvgIpc) is 2.37. The fourth-order valence-electron chi connectivity index (χ4n) is 1.93. The summed E-state index contributed by atoms with van der Waals surface area (Å²) in [6.45, 7) is 0. The summed E-state index contributed by atoms with van der Waals surface area (Å²) >= 11 is 0. The van der Waals surface area contributed by atoms with Crippen LogP contribution in [0.3, 0.4) is 0 Å². The van der Waals surface area contributed by atoms with E-state index in [0.717, 1.165) is 17.7 Å². The molecule has 0 aliphatic carbocycles. The van der Waals surface area contributed by atoms with Crippen LogP contribution in [0.15, 0.2) is 36.4 Å². The van der Waals surface area contributed by atoms with Crippen LogP contribution in [0.1, 0.15) is 22.3 Å². The van der Waals surface area contributed by atoms with Crippen molar-refractivity contribution in [1.29, 1.82) is 0 Å². The van der Waals surface area contributed by atoms with Crippen LogP contribution in [0.2, 0.25) is 0 Å². The summed E-state index contributed by atoms with van der Waals surface area (Å²) in [5.74, 6) is -1.48. The van der Waals surface area contributed by atoms with E-state index in [1.807, 2.05) is 0 Å². The maximum Gasteiger partial charge on any atom is 0.170 e. The molecule has 2 rings (SSSR count). The quantitative estimate of drug-likeness (QED) is 0.471. The van der Waals surface area contributed by atoms with Crippen LogP contribution < -0.4 is 0 Å². The molecule has 108 valence electrons. The summed E-state index contributed by atoms with van der Waals surface area (Å²) in [5, 5.41) is 37.5. The predicted octanol–water partition coefficient (Wildman–Crippen LogP) is 1.94. The van der Waals surface area contributed by atoms with Crippen molar-refractivity contribution in [2.45, 2.75) is 12.8 Å². The first kappa shape index (κ1) is 17.2. The number of ketones is 1. The molecule has 2 aromatic rings. The molecule has 0 fully saturated rings. The van der Waals surface area contributed by atoms with Gasteiger partial charge in [0.2, 0.25) is 0 Å². The third kappa shape index (κ3) is 4.29. The minimum absolute atomic E-state index is 0. The number of phenols is 4. The molecular formula is C15H14O5Sn. The molecular weight excluding hydrogens is 379 g/mol. The van der Waals surface area contributed by atoms with E-state index in [1.165, 1.54) is 12.1 Å². The third-order valence-electron chi connectivity index (χ3n) is 2.94. The Morgan fingerprint density at radius 2 is 1.38 bits per heavy atom. The molecule has 0 aliphatic heterocycles. The van der Waals surface area contributed by atoms with Crippen molar-refractivity contribution in [3.63, 3.8) is 0 Å². The zero-order chi connectivity index (χ0) is 14.7. The molecule has 0 saturated carbocycles. The van der Waals surface area contributed by atoms with E-state index in [-0.39, 0.29) is 47.4 Å². The van der Waals surface area contributed by atoms with Crippen LogP contribution >= 0.6 is 0 Å². The molecule has 21 heavy (non-hydrogen) atoms. The van der Waals surface area contributed by atoms with Gasteiger partial charge in [-0.2, -0.15) is 0 Å². The Morgan fingerprint density at radius 3 is 1.90 bits per heavy atom. The van der Waals surface area contributed by atoms with Gasteiger partial charge in [-0.3, -0.25) is 4.79 Å². The van der Waals surface area contributed by atoms with Crippen molar-refractivity contribution < 1.29 is 25.2 Å². The number of carbonyl (C=O) groups excluding carboxylic acids is 1. The first-order chi connectivity index (χ1) is 9.47. The molecule has 0 aliphatic rings. The van der Waals surface area contributed by atoms with Gasteiger partial charge in [-0.15, -0.1) is 0 Å². The van der Waals surface area contributed by atoms with Crippen LogP contribution in [-0.2, 0) is 6.42 Å². The number of Topliss-reactive ketones (excluding diaryl/α,β-unsaturated/α-hetero) is 1. The summed E-state index contributed by atoms with van der Waals surface area (Å²) < 4.78 is 0. The second kappa shape index (κ2) is 7.21. The van der Waals surface area contributed by atoms with Gasteiger partial charge in [0, 0.05) is 42.5 Å². The summed E-state index contributed by atoms with van der Waals surface area (Å²) in [7, 11) is 0. The maximum atomic E-state index is 12.0. The Hall–Kier alpha value is -1.89. The minimum atomic E-state index is -0.446. The van der Waals surface area contributed by atoms with E-state index in [4.69, 9.17) is 5.11 Å². The molecule has 0 aromatic heterocycles. The number of hydrogen-bond donors (Lipinski definition) is 4. The Balaban J connectivity index is 0.00000220. The molecule has 0 heterocycles. The summed E-state index contributed by atoms with van der Waals surface area (Å²) in [4.78, 5) is 12.0. The van der Waals surface area contributed by atoms with E-state index in [1.54, 1.807) is 12.1 Å². The SMILES string of the molecule is O=C(CCc1ccc(O)cc1)c1c(O)cc(O)cc1O.[Sn]. The zero-order valence-electron chi connectivity index (χ0n) is 11.1. The number of aryl methyl sites for hydroxylation is 1. The molecule has 4 radical (unpaired) electrons. The monoisotopic (exact) mass is 394 g/mol. The number of rotatable bonds is 4. The molecule has 0 spiro atoms. The Kier molecular flexibility index (Phi) is 5.89. The van der Waals surface area contributed by atoms with E-state index in [2.05, 4.69) is 0 Å². The van der Waals surface area contributed by atoms with Crippen molar-refractivity contribution in [2.24, 2.45) is 0 Å². The van der Waals surface area contributed by atoms with Gasteiger partial charge in [0.05, 0.1) is 0 Å². The van der Waals surface area contributed by atoms with Crippen molar-refractivity contribution in [3.8, 4) is 23.0 Å². The fourth-order valence-corrected chi connectivity index (χ4v) is 1.93. The van der Waals surface area contributed by atoms with Gasteiger partial charge in [-0.25, -0.2) is 0 Å². The van der Waals surface area contributed by atoms with E-state index in [0.29, 0.717) is 6.42 Å². The van der Waals surface area contributed by atoms with Crippen molar-refractivity contribution in [2.75, 3.05) is 0 Å². The first-order valence-electron chi connectivity index (χ1n) is 6.03. The number of hydrogen-bond acceptors (Lipinski definition) is 5. The standard InChI is InChI=1S/C15H14O5.Sn/c16-10-4-1-9(2-5-10)3-6-12(18)15-13(19)7-11(17)8-14(15)20;/h1-2,4-5,7-8,16-17,19-20H,3,6H2;. The molecule has 4 N–H and O–H groups in total. The molecule has 0 atom stereocenters. The van der Waals surface area contributed by atoms with Gasteiger partial charge in [0.25, 0.3) is 0 Å². The van der Waals surface area contributed by atoms with Crippen LogP contribution in [-0.4, -0.2) is 50.1 Å². The predicted molar refractivity (Wildman–Crippen MR) is 77.9 cm³/mol. The molecule has 0 bridgehead atoms.